The van der Waals surface area contributed by atoms with Crippen molar-refractivity contribution in [3.8, 4) is 0 Å². The fourth-order valence-corrected chi connectivity index (χ4v) is 1.99. The second-order valence-electron chi connectivity index (χ2n) is 5.18. The van der Waals surface area contributed by atoms with Gasteiger partial charge in [-0.2, -0.15) is 0 Å². The normalized spacial score (nSPS) is 11.8. The van der Waals surface area contributed by atoms with Crippen LogP contribution in [0.5, 0.6) is 0 Å². The molecule has 3 N–H and O–H groups in total. The minimum atomic E-state index is -0.575. The maximum atomic E-state index is 12.1. The third kappa shape index (κ3) is 6.40. The van der Waals surface area contributed by atoms with Crippen LogP contribution in [0, 0.1) is 0 Å². The third-order valence-electron chi connectivity index (χ3n) is 3.23. The van der Waals surface area contributed by atoms with Gasteiger partial charge in [0.2, 0.25) is 11.8 Å². The Bertz CT molecular complexity index is 448. The smallest absolute Gasteiger partial charge is 0.239 e. The average molecular weight is 291 g/mol. The highest BCUT2D eigenvalue weighted by Crippen LogP contribution is 2.05. The van der Waals surface area contributed by atoms with Gasteiger partial charge in [-0.1, -0.05) is 37.3 Å². The van der Waals surface area contributed by atoms with Gasteiger partial charge in [-0.15, -0.1) is 0 Å². The van der Waals surface area contributed by atoms with E-state index in [4.69, 9.17) is 5.73 Å². The molecule has 0 unspecified atom stereocenters. The molecule has 0 fully saturated rings. The predicted molar refractivity (Wildman–Crippen MR) is 83.7 cm³/mol. The van der Waals surface area contributed by atoms with Crippen molar-refractivity contribution in [3.05, 3.63) is 35.9 Å². The third-order valence-corrected chi connectivity index (χ3v) is 3.23. The maximum absolute atomic E-state index is 12.1. The minimum Gasteiger partial charge on any atom is -0.355 e. The number of hydrogen-bond acceptors (Lipinski definition) is 3. The first-order valence-corrected chi connectivity index (χ1v) is 7.35. The number of likely N-dealkylation sites (N-methyl/N-ethyl adjacent to an activating group) is 1. The number of amides is 2. The van der Waals surface area contributed by atoms with Gasteiger partial charge in [-0.05, 0) is 24.8 Å². The number of nitrogens with one attached hydrogen (secondary N) is 1. The first kappa shape index (κ1) is 17.2. The molecule has 0 aromatic heterocycles. The van der Waals surface area contributed by atoms with Crippen LogP contribution in [0.25, 0.3) is 0 Å². The number of nitrogens with two attached hydrogens (primary N) is 1. The SMILES string of the molecule is CCCNC(=O)CN(C)C(=O)[C@@H](N)CCc1ccccc1. The molecular weight excluding hydrogens is 266 g/mol. The summed E-state index contributed by atoms with van der Waals surface area (Å²) in [7, 11) is 1.61. The molecule has 0 saturated heterocycles. The van der Waals surface area contributed by atoms with Crippen molar-refractivity contribution < 1.29 is 9.59 Å². The molecule has 116 valence electrons. The molecule has 1 atom stereocenters. The molecule has 0 radical (unpaired) electrons. The Morgan fingerprint density at radius 2 is 1.95 bits per heavy atom. The van der Waals surface area contributed by atoms with E-state index in [9.17, 15) is 9.59 Å². The molecule has 0 spiro atoms. The Labute approximate surface area is 126 Å². The van der Waals surface area contributed by atoms with Gasteiger partial charge in [0.05, 0.1) is 12.6 Å². The summed E-state index contributed by atoms with van der Waals surface area (Å²) in [6.07, 6.45) is 2.20. The molecule has 0 bridgehead atoms. The van der Waals surface area contributed by atoms with Crippen LogP contribution < -0.4 is 11.1 Å². The fourth-order valence-electron chi connectivity index (χ4n) is 1.99. The van der Waals surface area contributed by atoms with Crippen molar-refractivity contribution in [2.24, 2.45) is 5.73 Å². The minimum absolute atomic E-state index is 0.0534. The van der Waals surface area contributed by atoms with E-state index in [2.05, 4.69) is 5.32 Å². The van der Waals surface area contributed by atoms with Crippen LogP contribution in [0.2, 0.25) is 0 Å². The highest BCUT2D eigenvalue weighted by Gasteiger charge is 2.19. The number of carbonyl (C=O) groups excluding carboxylic acids is 2. The Balaban J connectivity index is 2.37. The summed E-state index contributed by atoms with van der Waals surface area (Å²) in [5.41, 5.74) is 7.08. The molecule has 0 heterocycles. The van der Waals surface area contributed by atoms with Crippen molar-refractivity contribution in [2.75, 3.05) is 20.1 Å². The molecule has 21 heavy (non-hydrogen) atoms. The highest BCUT2D eigenvalue weighted by atomic mass is 16.2. The largest absolute Gasteiger partial charge is 0.355 e. The lowest BCUT2D eigenvalue weighted by molar-refractivity contribution is -0.135. The summed E-state index contributed by atoms with van der Waals surface area (Å²) in [5, 5.41) is 2.74. The Morgan fingerprint density at radius 1 is 1.29 bits per heavy atom. The lowest BCUT2D eigenvalue weighted by Crippen LogP contribution is -2.46. The number of nitrogens with zero attached hydrogens (tertiary/aromatic N) is 1. The van der Waals surface area contributed by atoms with Crippen LogP contribution in [0.15, 0.2) is 30.3 Å². The van der Waals surface area contributed by atoms with Crippen LogP contribution in [0.4, 0.5) is 0 Å². The zero-order valence-corrected chi connectivity index (χ0v) is 12.8. The molecule has 5 nitrogen and oxygen atoms in total. The Kier molecular flexibility index (Phi) is 7.46. The van der Waals surface area contributed by atoms with Crippen LogP contribution in [0.3, 0.4) is 0 Å². The molecule has 1 aromatic carbocycles. The summed E-state index contributed by atoms with van der Waals surface area (Å²) in [4.78, 5) is 25.1. The van der Waals surface area contributed by atoms with Gasteiger partial charge in [0.25, 0.3) is 0 Å². The predicted octanol–water partition coefficient (Wildman–Crippen LogP) is 0.931. The number of benzene rings is 1. The molecule has 0 aliphatic rings. The van der Waals surface area contributed by atoms with Gasteiger partial charge in [0.1, 0.15) is 0 Å². The topological polar surface area (TPSA) is 75.4 Å². The number of carbonyl (C=O) groups is 2. The van der Waals surface area contributed by atoms with Crippen LogP contribution in [-0.4, -0.2) is 42.9 Å². The van der Waals surface area contributed by atoms with E-state index in [1.165, 1.54) is 4.90 Å². The Hall–Kier alpha value is -1.88. The van der Waals surface area contributed by atoms with Crippen molar-refractivity contribution in [2.45, 2.75) is 32.2 Å². The van der Waals surface area contributed by atoms with E-state index >= 15 is 0 Å². The van der Waals surface area contributed by atoms with E-state index in [1.54, 1.807) is 7.05 Å². The van der Waals surface area contributed by atoms with E-state index < -0.39 is 6.04 Å². The van der Waals surface area contributed by atoms with Gasteiger partial charge < -0.3 is 16.0 Å². The standard InChI is InChI=1S/C16H25N3O2/c1-3-11-18-15(20)12-19(2)16(21)14(17)10-9-13-7-5-4-6-8-13/h4-8,14H,3,9-12,17H2,1-2H3,(H,18,20)/t14-/m0/s1. The summed E-state index contributed by atoms with van der Waals surface area (Å²) in [6, 6.07) is 9.34. The van der Waals surface area contributed by atoms with Crippen molar-refractivity contribution in [1.82, 2.24) is 10.2 Å². The van der Waals surface area contributed by atoms with Crippen molar-refractivity contribution in [3.63, 3.8) is 0 Å². The molecular formula is C16H25N3O2. The van der Waals surface area contributed by atoms with Gasteiger partial charge >= 0.3 is 0 Å². The van der Waals surface area contributed by atoms with E-state index in [0.29, 0.717) is 13.0 Å². The second-order valence-corrected chi connectivity index (χ2v) is 5.18. The van der Waals surface area contributed by atoms with Crippen LogP contribution in [-0.2, 0) is 16.0 Å². The number of aryl methyl sites for hydroxylation is 1. The summed E-state index contributed by atoms with van der Waals surface area (Å²) < 4.78 is 0. The lowest BCUT2D eigenvalue weighted by Gasteiger charge is -2.20. The van der Waals surface area contributed by atoms with Gasteiger partial charge in [0.15, 0.2) is 0 Å². The maximum Gasteiger partial charge on any atom is 0.239 e. The second kappa shape index (κ2) is 9.13. The number of hydrogen-bond donors (Lipinski definition) is 2. The number of rotatable bonds is 8. The van der Waals surface area contributed by atoms with E-state index in [0.717, 1.165) is 18.4 Å². The van der Waals surface area contributed by atoms with Gasteiger partial charge in [-0.3, -0.25) is 9.59 Å². The molecule has 5 heteroatoms. The molecule has 0 aliphatic heterocycles. The average Bonchev–Trinajstić information content (AvgIpc) is 2.50. The molecule has 1 aromatic rings. The summed E-state index contributed by atoms with van der Waals surface area (Å²) in [5.74, 6) is -0.347. The zero-order valence-electron chi connectivity index (χ0n) is 12.8. The quantitative estimate of drug-likeness (QED) is 0.748. The van der Waals surface area contributed by atoms with Crippen molar-refractivity contribution in [1.29, 1.82) is 0 Å². The fraction of sp³-hybridized carbons (Fsp3) is 0.500. The molecule has 2 amide bonds. The first-order chi connectivity index (χ1) is 10.0. The van der Waals surface area contributed by atoms with Crippen LogP contribution >= 0.6 is 0 Å². The van der Waals surface area contributed by atoms with E-state index in [1.807, 2.05) is 37.3 Å². The molecule has 1 rings (SSSR count). The first-order valence-electron chi connectivity index (χ1n) is 7.35. The molecule has 0 saturated carbocycles. The molecule has 0 aliphatic carbocycles. The monoisotopic (exact) mass is 291 g/mol. The van der Waals surface area contributed by atoms with Gasteiger partial charge in [-0.25, -0.2) is 0 Å². The van der Waals surface area contributed by atoms with Crippen molar-refractivity contribution >= 4 is 11.8 Å². The summed E-state index contributed by atoms with van der Waals surface area (Å²) >= 11 is 0. The van der Waals surface area contributed by atoms with E-state index in [-0.39, 0.29) is 18.4 Å². The summed E-state index contributed by atoms with van der Waals surface area (Å²) in [6.45, 7) is 2.66. The van der Waals surface area contributed by atoms with Crippen LogP contribution in [0.1, 0.15) is 25.3 Å². The van der Waals surface area contributed by atoms with Gasteiger partial charge in [0, 0.05) is 13.6 Å². The highest BCUT2D eigenvalue weighted by molar-refractivity contribution is 5.87. The zero-order chi connectivity index (χ0) is 15.7. The Morgan fingerprint density at radius 3 is 2.57 bits per heavy atom. The lowest BCUT2D eigenvalue weighted by atomic mass is 10.1.